The molecule has 0 fully saturated rings. The van der Waals surface area contributed by atoms with Gasteiger partial charge in [-0.05, 0) is 11.8 Å². The molecule has 17 heavy (non-hydrogen) atoms. The molecule has 0 aromatic rings. The molecule has 0 rings (SSSR count). The summed E-state index contributed by atoms with van der Waals surface area (Å²) >= 11 is 0. The van der Waals surface area contributed by atoms with Crippen LogP contribution in [0, 0.1) is 11.3 Å². The molecule has 0 amide bonds. The van der Waals surface area contributed by atoms with Crippen molar-refractivity contribution in [1.82, 2.24) is 4.90 Å². The van der Waals surface area contributed by atoms with Gasteiger partial charge in [-0.25, -0.2) is 0 Å². The molecule has 0 saturated carbocycles. The molecule has 102 valence electrons. The Balaban J connectivity index is 4.59. The van der Waals surface area contributed by atoms with Crippen molar-refractivity contribution in [3.8, 4) is 0 Å². The lowest BCUT2D eigenvalue weighted by Gasteiger charge is -2.38. The summed E-state index contributed by atoms with van der Waals surface area (Å²) in [6.07, 6.45) is 3.49. The molecule has 0 heterocycles. The summed E-state index contributed by atoms with van der Waals surface area (Å²) in [6, 6.07) is 0. The van der Waals surface area contributed by atoms with Gasteiger partial charge < -0.3 is 10.0 Å². The van der Waals surface area contributed by atoms with E-state index in [9.17, 15) is 0 Å². The molecule has 2 nitrogen and oxygen atoms in total. The summed E-state index contributed by atoms with van der Waals surface area (Å²) in [7, 11) is 0. The second kappa shape index (κ2) is 7.75. The fourth-order valence-corrected chi connectivity index (χ4v) is 1.90. The van der Waals surface area contributed by atoms with Gasteiger partial charge in [0.1, 0.15) is 0 Å². The Kier molecular flexibility index (Phi) is 7.53. The number of hydrogen-bond donors (Lipinski definition) is 1. The van der Waals surface area contributed by atoms with E-state index in [0.717, 1.165) is 19.4 Å². The standard InChI is InChI=1S/C15H31NO/c1-7-9-10-16(11-12-17)14(4)13(3)15(5,6)8-2/h13,17H,4,7-12H2,1-3,5-6H3. The monoisotopic (exact) mass is 241 g/mol. The van der Waals surface area contributed by atoms with Gasteiger partial charge in [0.2, 0.25) is 0 Å². The highest BCUT2D eigenvalue weighted by Crippen LogP contribution is 2.35. The third kappa shape index (κ3) is 5.12. The van der Waals surface area contributed by atoms with Crippen LogP contribution in [0.4, 0.5) is 0 Å². The highest BCUT2D eigenvalue weighted by Gasteiger charge is 2.28. The molecule has 0 spiro atoms. The number of hydrogen-bond acceptors (Lipinski definition) is 2. The van der Waals surface area contributed by atoms with E-state index in [1.54, 1.807) is 0 Å². The Hall–Kier alpha value is -0.500. The molecular formula is C15H31NO. The zero-order valence-electron chi connectivity index (χ0n) is 12.4. The van der Waals surface area contributed by atoms with Crippen molar-refractivity contribution in [3.63, 3.8) is 0 Å². The van der Waals surface area contributed by atoms with E-state index < -0.39 is 0 Å². The van der Waals surface area contributed by atoms with Crippen LogP contribution in [0.3, 0.4) is 0 Å². The van der Waals surface area contributed by atoms with Crippen molar-refractivity contribution in [2.24, 2.45) is 11.3 Å². The second-order valence-electron chi connectivity index (χ2n) is 5.62. The van der Waals surface area contributed by atoms with Crippen LogP contribution in [0.2, 0.25) is 0 Å². The number of allylic oxidation sites excluding steroid dienone is 1. The summed E-state index contributed by atoms with van der Waals surface area (Å²) in [4.78, 5) is 2.26. The third-order valence-electron chi connectivity index (χ3n) is 4.14. The first-order valence-electron chi connectivity index (χ1n) is 6.95. The predicted octanol–water partition coefficient (Wildman–Crippen LogP) is 3.67. The van der Waals surface area contributed by atoms with Crippen molar-refractivity contribution in [2.75, 3.05) is 19.7 Å². The summed E-state index contributed by atoms with van der Waals surface area (Å²) in [5.41, 5.74) is 1.45. The third-order valence-corrected chi connectivity index (χ3v) is 4.14. The van der Waals surface area contributed by atoms with Gasteiger partial charge in [0.25, 0.3) is 0 Å². The SMILES string of the molecule is C=C(C(C)C(C)(C)CC)N(CCO)CCCC. The van der Waals surface area contributed by atoms with Gasteiger partial charge in [-0.1, -0.05) is 54.0 Å². The van der Waals surface area contributed by atoms with Crippen molar-refractivity contribution in [1.29, 1.82) is 0 Å². The fourth-order valence-electron chi connectivity index (χ4n) is 1.90. The van der Waals surface area contributed by atoms with E-state index in [0.29, 0.717) is 12.5 Å². The molecule has 1 atom stereocenters. The highest BCUT2D eigenvalue weighted by molar-refractivity contribution is 5.03. The fraction of sp³-hybridized carbons (Fsp3) is 0.867. The molecule has 2 heteroatoms. The van der Waals surface area contributed by atoms with Gasteiger partial charge >= 0.3 is 0 Å². The van der Waals surface area contributed by atoms with Crippen molar-refractivity contribution in [3.05, 3.63) is 12.3 Å². The Labute approximate surface area is 108 Å². The normalized spacial score (nSPS) is 13.5. The van der Waals surface area contributed by atoms with E-state index in [1.165, 1.54) is 12.1 Å². The first-order chi connectivity index (χ1) is 7.90. The number of aliphatic hydroxyl groups is 1. The minimum atomic E-state index is 0.210. The Morgan fingerprint density at radius 2 is 1.88 bits per heavy atom. The molecule has 0 aliphatic rings. The average Bonchev–Trinajstić information content (AvgIpc) is 2.32. The quantitative estimate of drug-likeness (QED) is 0.666. The number of aliphatic hydroxyl groups excluding tert-OH is 1. The van der Waals surface area contributed by atoms with Crippen LogP contribution < -0.4 is 0 Å². The van der Waals surface area contributed by atoms with Gasteiger partial charge in [-0.3, -0.25) is 0 Å². The summed E-state index contributed by atoms with van der Waals surface area (Å²) in [5, 5.41) is 9.14. The molecule has 0 aliphatic heterocycles. The molecule has 0 bridgehead atoms. The molecule has 1 N–H and O–H groups in total. The highest BCUT2D eigenvalue weighted by atomic mass is 16.3. The van der Waals surface area contributed by atoms with Crippen LogP contribution in [-0.4, -0.2) is 29.7 Å². The smallest absolute Gasteiger partial charge is 0.0606 e. The largest absolute Gasteiger partial charge is 0.395 e. The van der Waals surface area contributed by atoms with Crippen molar-refractivity contribution >= 4 is 0 Å². The van der Waals surface area contributed by atoms with E-state index in [2.05, 4.69) is 46.1 Å². The van der Waals surface area contributed by atoms with Gasteiger partial charge in [-0.15, -0.1) is 0 Å². The lowest BCUT2D eigenvalue weighted by molar-refractivity contribution is 0.170. The zero-order chi connectivity index (χ0) is 13.5. The van der Waals surface area contributed by atoms with Gasteiger partial charge in [-0.2, -0.15) is 0 Å². The van der Waals surface area contributed by atoms with Crippen LogP contribution in [0.25, 0.3) is 0 Å². The van der Waals surface area contributed by atoms with Crippen LogP contribution in [-0.2, 0) is 0 Å². The molecule has 0 aliphatic carbocycles. The maximum absolute atomic E-state index is 9.14. The minimum Gasteiger partial charge on any atom is -0.395 e. The average molecular weight is 241 g/mol. The van der Waals surface area contributed by atoms with E-state index in [4.69, 9.17) is 5.11 Å². The molecule has 0 aromatic carbocycles. The Morgan fingerprint density at radius 3 is 2.29 bits per heavy atom. The summed E-state index contributed by atoms with van der Waals surface area (Å²) in [6.45, 7) is 17.4. The van der Waals surface area contributed by atoms with Crippen molar-refractivity contribution < 1.29 is 5.11 Å². The van der Waals surface area contributed by atoms with Crippen LogP contribution in [0.1, 0.15) is 53.9 Å². The zero-order valence-corrected chi connectivity index (χ0v) is 12.4. The number of nitrogens with zero attached hydrogens (tertiary/aromatic N) is 1. The lowest BCUT2D eigenvalue weighted by atomic mass is 9.76. The van der Waals surface area contributed by atoms with Crippen molar-refractivity contribution in [2.45, 2.75) is 53.9 Å². The van der Waals surface area contributed by atoms with E-state index in [-0.39, 0.29) is 12.0 Å². The molecular weight excluding hydrogens is 210 g/mol. The first kappa shape index (κ1) is 16.5. The van der Waals surface area contributed by atoms with Gasteiger partial charge in [0.05, 0.1) is 6.61 Å². The molecule has 0 saturated heterocycles. The minimum absolute atomic E-state index is 0.210. The molecule has 1 unspecified atom stereocenters. The Morgan fingerprint density at radius 1 is 1.29 bits per heavy atom. The maximum atomic E-state index is 9.14. The molecule has 0 aromatic heterocycles. The van der Waals surface area contributed by atoms with E-state index >= 15 is 0 Å². The van der Waals surface area contributed by atoms with Crippen LogP contribution in [0.5, 0.6) is 0 Å². The van der Waals surface area contributed by atoms with Crippen LogP contribution >= 0.6 is 0 Å². The number of rotatable bonds is 9. The van der Waals surface area contributed by atoms with Gasteiger partial charge in [0.15, 0.2) is 0 Å². The maximum Gasteiger partial charge on any atom is 0.0606 e. The lowest BCUT2D eigenvalue weighted by Crippen LogP contribution is -2.34. The predicted molar refractivity (Wildman–Crippen MR) is 75.9 cm³/mol. The number of unbranched alkanes of at least 4 members (excludes halogenated alkanes) is 1. The van der Waals surface area contributed by atoms with Gasteiger partial charge in [0, 0.05) is 24.7 Å². The molecule has 0 radical (unpaired) electrons. The Bertz CT molecular complexity index is 223. The summed E-state index contributed by atoms with van der Waals surface area (Å²) < 4.78 is 0. The second-order valence-corrected chi connectivity index (χ2v) is 5.62. The first-order valence-corrected chi connectivity index (χ1v) is 6.95. The summed E-state index contributed by atoms with van der Waals surface area (Å²) in [5.74, 6) is 0.455. The topological polar surface area (TPSA) is 23.5 Å². The van der Waals surface area contributed by atoms with Crippen LogP contribution in [0.15, 0.2) is 12.3 Å². The van der Waals surface area contributed by atoms with E-state index in [1.807, 2.05) is 0 Å².